The third-order valence-electron chi connectivity index (χ3n) is 6.02. The number of thiazole rings is 2. The van der Waals surface area contributed by atoms with Crippen LogP contribution in [0, 0.1) is 0 Å². The van der Waals surface area contributed by atoms with Crippen LogP contribution in [-0.2, 0) is 37.1 Å². The highest BCUT2D eigenvalue weighted by molar-refractivity contribution is 8.00. The maximum Gasteiger partial charge on any atom is 0.352 e. The molecule has 5 rings (SSSR count). The molecule has 0 saturated carbocycles. The van der Waals surface area contributed by atoms with Gasteiger partial charge < -0.3 is 26.3 Å². The Morgan fingerprint density at radius 2 is 2.23 bits per heavy atom. The number of hydrogen-bond acceptors (Lipinski definition) is 11. The summed E-state index contributed by atoms with van der Waals surface area (Å²) in [6.45, 7) is 2.37. The number of nitrogens with one attached hydrogen (secondary N) is 2. The molecule has 14 nitrogen and oxygen atoms in total. The largest absolute Gasteiger partial charge is 0.477 e. The van der Waals surface area contributed by atoms with Gasteiger partial charge in [0, 0.05) is 22.1 Å². The summed E-state index contributed by atoms with van der Waals surface area (Å²) in [4.78, 5) is 60.7. The summed E-state index contributed by atoms with van der Waals surface area (Å²) < 4.78 is 3.78. The summed E-state index contributed by atoms with van der Waals surface area (Å²) in [5, 5.41) is 22.3. The smallest absolute Gasteiger partial charge is 0.352 e. The summed E-state index contributed by atoms with van der Waals surface area (Å²) in [6.07, 6.45) is 4.34. The van der Waals surface area contributed by atoms with Gasteiger partial charge in [-0.2, -0.15) is 4.40 Å². The average molecular weight is 592 g/mol. The number of rotatable bonds is 11. The van der Waals surface area contributed by atoms with Crippen LogP contribution in [0.4, 0.5) is 5.13 Å². The van der Waals surface area contributed by atoms with E-state index in [0.29, 0.717) is 17.7 Å². The molecule has 0 bridgehead atoms. The fourth-order valence-electron chi connectivity index (χ4n) is 4.35. The number of anilines is 1. The fourth-order valence-corrected chi connectivity index (χ4v) is 7.02. The summed E-state index contributed by atoms with van der Waals surface area (Å²) in [7, 11) is 0. The molecule has 0 aromatic carbocycles. The van der Waals surface area contributed by atoms with E-state index >= 15 is 0 Å². The molecule has 0 unspecified atom stereocenters. The number of nitrogens with two attached hydrogens (primary N) is 1. The van der Waals surface area contributed by atoms with Gasteiger partial charge in [-0.15, -0.1) is 23.1 Å². The molecule has 5 heterocycles. The molecule has 204 valence electrons. The number of carbonyl (C=O) groups is 4. The van der Waals surface area contributed by atoms with E-state index in [1.165, 1.54) is 28.0 Å². The van der Waals surface area contributed by atoms with E-state index in [4.69, 9.17) is 10.6 Å². The van der Waals surface area contributed by atoms with Gasteiger partial charge in [-0.05, 0) is 6.92 Å². The first kappa shape index (κ1) is 26.6. The van der Waals surface area contributed by atoms with Crippen LogP contribution in [-0.4, -0.2) is 73.1 Å². The number of aromatic nitrogens is 3. The number of nitrogens with zero attached hydrogens (tertiary/aromatic N) is 5. The molecule has 39 heavy (non-hydrogen) atoms. The van der Waals surface area contributed by atoms with Crippen LogP contribution < -0.4 is 20.9 Å². The minimum atomic E-state index is -1.24. The second-order valence-electron chi connectivity index (χ2n) is 8.33. The minimum Gasteiger partial charge on any atom is -0.477 e. The first-order chi connectivity index (χ1) is 18.8. The van der Waals surface area contributed by atoms with Crippen molar-refractivity contribution in [1.82, 2.24) is 24.9 Å². The van der Waals surface area contributed by atoms with Gasteiger partial charge in [0.25, 0.3) is 17.6 Å². The number of amides is 3. The van der Waals surface area contributed by atoms with Gasteiger partial charge in [0.15, 0.2) is 10.8 Å². The van der Waals surface area contributed by atoms with Crippen molar-refractivity contribution in [2.24, 2.45) is 5.16 Å². The average Bonchev–Trinajstić information content (AvgIpc) is 3.63. The van der Waals surface area contributed by atoms with E-state index in [1.54, 1.807) is 12.3 Å². The fraction of sp³-hybridized carbons (Fsp3) is 0.318. The molecule has 1 saturated heterocycles. The van der Waals surface area contributed by atoms with Gasteiger partial charge in [0.1, 0.15) is 54.9 Å². The number of imidazole rings is 1. The van der Waals surface area contributed by atoms with Crippen LogP contribution >= 0.6 is 34.4 Å². The number of carboxylic acids is 1. The maximum atomic E-state index is 13.2. The third kappa shape index (κ3) is 4.95. The van der Waals surface area contributed by atoms with Crippen molar-refractivity contribution in [2.45, 2.75) is 31.4 Å². The van der Waals surface area contributed by atoms with E-state index in [-0.39, 0.29) is 41.9 Å². The quantitative estimate of drug-likeness (QED) is 0.0768. The number of carbonyl (C=O) groups excluding carboxylic acids is 3. The molecule has 0 spiro atoms. The molecule has 0 radical (unpaired) electrons. The van der Waals surface area contributed by atoms with Crippen LogP contribution in [0.15, 0.2) is 39.6 Å². The Bertz CT molecular complexity index is 1520. The lowest BCUT2D eigenvalue weighted by molar-refractivity contribution is -0.695. The number of thioether (sulfide) groups is 1. The summed E-state index contributed by atoms with van der Waals surface area (Å²) in [5.74, 6) is -1.39. The van der Waals surface area contributed by atoms with Gasteiger partial charge in [0.2, 0.25) is 11.2 Å². The highest BCUT2D eigenvalue weighted by Gasteiger charge is 2.54. The van der Waals surface area contributed by atoms with Crippen LogP contribution in [0.2, 0.25) is 0 Å². The van der Waals surface area contributed by atoms with E-state index in [1.807, 2.05) is 26.7 Å². The van der Waals surface area contributed by atoms with Gasteiger partial charge in [-0.25, -0.2) is 14.3 Å². The van der Waals surface area contributed by atoms with Crippen LogP contribution in [0.5, 0.6) is 0 Å². The molecular weight excluding hydrogens is 568 g/mol. The molecule has 0 aliphatic carbocycles. The van der Waals surface area contributed by atoms with Crippen LogP contribution in [0.25, 0.3) is 4.83 Å². The zero-order valence-electron chi connectivity index (χ0n) is 20.4. The molecule has 1 fully saturated rings. The number of β-lactam (4-membered cyclic amide) rings is 1. The highest BCUT2D eigenvalue weighted by atomic mass is 32.2. The molecule has 3 amide bonds. The topological polar surface area (TPSA) is 185 Å². The number of hydrogen-bond donors (Lipinski definition) is 4. The number of fused-ring (bicyclic) bond motifs is 2. The minimum absolute atomic E-state index is 0.110. The van der Waals surface area contributed by atoms with Crippen molar-refractivity contribution in [2.75, 3.05) is 18.1 Å². The first-order valence-corrected chi connectivity index (χ1v) is 14.4. The SMILES string of the molecule is CCO/N=C(\C(=O)N[C@@H]1C(=O)N2C(C(=O)O)=C(C[n+]3cc4sccn4c3CNC=O)CS[C@H]12)c1csc(N)n1. The van der Waals surface area contributed by atoms with Crippen molar-refractivity contribution >= 4 is 74.3 Å². The zero-order chi connectivity index (χ0) is 27.7. The Morgan fingerprint density at radius 3 is 2.92 bits per heavy atom. The van der Waals surface area contributed by atoms with Crippen molar-refractivity contribution < 1.29 is 33.7 Å². The summed E-state index contributed by atoms with van der Waals surface area (Å²) in [5.41, 5.74) is 6.19. The normalized spacial score (nSPS) is 19.1. The summed E-state index contributed by atoms with van der Waals surface area (Å²) >= 11 is 3.99. The predicted octanol–water partition coefficient (Wildman–Crippen LogP) is -0.248. The standard InChI is InChI=1S/C22H22N8O6S3/c1-2-36-27-15(12-9-39-22(23)25-12)18(32)26-16-19(33)30-17(21(34)35)11(8-38-20(16)30)6-28-7-14-29(3-4-37-14)13(28)5-24-10-31/h3-4,7,9-10,16,20H,2,5-6,8H2,1H3,(H4-,23,24,25,26,31,32,34,35)/p+1/b27-15-/t16-,20-/m1/s1. The number of aliphatic carboxylic acids is 1. The van der Waals surface area contributed by atoms with Crippen molar-refractivity contribution in [3.8, 4) is 0 Å². The second kappa shape index (κ2) is 11.0. The first-order valence-electron chi connectivity index (χ1n) is 11.6. The second-order valence-corrected chi connectivity index (χ2v) is 11.3. The number of oxime groups is 1. The Morgan fingerprint density at radius 1 is 1.41 bits per heavy atom. The van der Waals surface area contributed by atoms with Gasteiger partial charge >= 0.3 is 5.97 Å². The van der Waals surface area contributed by atoms with E-state index in [2.05, 4.69) is 20.8 Å². The molecule has 2 atom stereocenters. The molecule has 2 aliphatic heterocycles. The predicted molar refractivity (Wildman–Crippen MR) is 143 cm³/mol. The molecule has 2 aliphatic rings. The van der Waals surface area contributed by atoms with E-state index in [0.717, 1.165) is 22.0 Å². The Hall–Kier alpha value is -3.96. The molecule has 5 N–H and O–H groups in total. The lowest BCUT2D eigenvalue weighted by Crippen LogP contribution is -2.71. The summed E-state index contributed by atoms with van der Waals surface area (Å²) in [6, 6.07) is -0.957. The monoisotopic (exact) mass is 591 g/mol. The van der Waals surface area contributed by atoms with Crippen molar-refractivity contribution in [1.29, 1.82) is 0 Å². The van der Waals surface area contributed by atoms with E-state index in [9.17, 15) is 24.3 Å². The lowest BCUT2D eigenvalue weighted by Gasteiger charge is -2.49. The van der Waals surface area contributed by atoms with Crippen molar-refractivity contribution in [3.63, 3.8) is 0 Å². The Balaban J connectivity index is 1.37. The number of nitrogen functional groups attached to an aromatic ring is 1. The van der Waals surface area contributed by atoms with Gasteiger partial charge in [-0.1, -0.05) is 16.5 Å². The van der Waals surface area contributed by atoms with Crippen LogP contribution in [0.1, 0.15) is 18.4 Å². The van der Waals surface area contributed by atoms with Crippen molar-refractivity contribution in [3.05, 3.63) is 45.9 Å². The highest BCUT2D eigenvalue weighted by Crippen LogP contribution is 2.40. The molecule has 17 heteroatoms. The Kier molecular flexibility index (Phi) is 7.53. The zero-order valence-corrected chi connectivity index (χ0v) is 22.8. The molecule has 3 aromatic rings. The Labute approximate surface area is 233 Å². The molecule has 3 aromatic heterocycles. The van der Waals surface area contributed by atoms with Gasteiger partial charge in [0.05, 0.1) is 0 Å². The molecular formula is C22H23N8O6S3+. The van der Waals surface area contributed by atoms with E-state index < -0.39 is 29.2 Å². The lowest BCUT2D eigenvalue weighted by atomic mass is 10.0. The van der Waals surface area contributed by atoms with Gasteiger partial charge in [-0.3, -0.25) is 19.3 Å². The maximum absolute atomic E-state index is 13.2. The number of carboxylic acid groups (broad SMARTS) is 1. The third-order valence-corrected chi connectivity index (χ3v) is 8.83. The van der Waals surface area contributed by atoms with Crippen LogP contribution in [0.3, 0.4) is 0 Å².